The van der Waals surface area contributed by atoms with Crippen LogP contribution in [0.15, 0.2) is 24.3 Å². The first kappa shape index (κ1) is 14.6. The third-order valence-electron chi connectivity index (χ3n) is 4.63. The summed E-state index contributed by atoms with van der Waals surface area (Å²) in [7, 11) is 1.71. The summed E-state index contributed by atoms with van der Waals surface area (Å²) in [5, 5.41) is 4.20. The van der Waals surface area contributed by atoms with E-state index in [0.717, 1.165) is 35.9 Å². The average molecular weight is 306 g/mol. The molecule has 1 saturated heterocycles. The lowest BCUT2D eigenvalue weighted by atomic mass is 9.94. The van der Waals surface area contributed by atoms with Crippen LogP contribution in [0.4, 0.5) is 5.69 Å². The van der Waals surface area contributed by atoms with Gasteiger partial charge in [-0.15, -0.1) is 0 Å². The number of nitrogens with zero attached hydrogens (tertiary/aromatic N) is 1. The Kier molecular flexibility index (Phi) is 4.60. The number of hydrogen-bond donors (Lipinski definition) is 2. The molecule has 0 bridgehead atoms. The maximum absolute atomic E-state index is 5.52. The van der Waals surface area contributed by atoms with Crippen LogP contribution in [0, 0.1) is 0 Å². The van der Waals surface area contributed by atoms with Gasteiger partial charge in [-0.2, -0.15) is 0 Å². The zero-order valence-electron chi connectivity index (χ0n) is 12.6. The molecule has 114 valence electrons. The molecule has 1 unspecified atom stereocenters. The molecule has 1 aliphatic carbocycles. The smallest absolute Gasteiger partial charge is 0.182 e. The van der Waals surface area contributed by atoms with Crippen LogP contribution >= 0.6 is 12.2 Å². The Morgan fingerprint density at radius 3 is 2.76 bits per heavy atom. The Bertz CT molecular complexity index is 502. The van der Waals surface area contributed by atoms with Crippen LogP contribution in [0.25, 0.3) is 0 Å². The largest absolute Gasteiger partial charge is 0.495 e. The Morgan fingerprint density at radius 1 is 1.24 bits per heavy atom. The second kappa shape index (κ2) is 6.62. The first-order valence-corrected chi connectivity index (χ1v) is 8.23. The molecule has 4 nitrogen and oxygen atoms in total. The maximum atomic E-state index is 5.52. The van der Waals surface area contributed by atoms with Crippen LogP contribution in [0.2, 0.25) is 0 Å². The number of hydrogen-bond acceptors (Lipinski definition) is 2. The normalized spacial score (nSPS) is 23.8. The average Bonchev–Trinajstić information content (AvgIpc) is 2.56. The van der Waals surface area contributed by atoms with E-state index in [1.165, 1.54) is 32.1 Å². The van der Waals surface area contributed by atoms with Crippen molar-refractivity contribution in [2.75, 3.05) is 25.3 Å². The molecule has 2 fully saturated rings. The standard InChI is InChI=1S/C16H23N3OS/c1-20-15-10-6-5-9-14(15)19-12-18(11-17-16(19)21)13-7-3-2-4-8-13/h5-6,9-10,13H,2-4,7-8,11-12H2,1H3,(H,17,21)/p+1. The summed E-state index contributed by atoms with van der Waals surface area (Å²) in [4.78, 5) is 3.77. The van der Waals surface area contributed by atoms with Gasteiger partial charge in [0, 0.05) is 0 Å². The summed E-state index contributed by atoms with van der Waals surface area (Å²) in [6.45, 7) is 1.87. The fourth-order valence-electron chi connectivity index (χ4n) is 3.45. The lowest BCUT2D eigenvalue weighted by Gasteiger charge is -2.40. The summed E-state index contributed by atoms with van der Waals surface area (Å²) < 4.78 is 5.49. The van der Waals surface area contributed by atoms with Crippen LogP contribution < -0.4 is 19.9 Å². The third kappa shape index (κ3) is 3.14. The van der Waals surface area contributed by atoms with Crippen molar-refractivity contribution in [3.63, 3.8) is 0 Å². The molecule has 21 heavy (non-hydrogen) atoms. The number of ether oxygens (including phenoxy) is 1. The summed E-state index contributed by atoms with van der Waals surface area (Å²) in [5.74, 6) is 0.881. The summed E-state index contributed by atoms with van der Waals surface area (Å²) in [6.07, 6.45) is 6.81. The van der Waals surface area contributed by atoms with E-state index in [4.69, 9.17) is 17.0 Å². The summed E-state index contributed by atoms with van der Waals surface area (Å²) >= 11 is 5.52. The number of rotatable bonds is 3. The molecule has 1 aliphatic heterocycles. The molecule has 0 spiro atoms. The first-order valence-electron chi connectivity index (χ1n) is 7.82. The highest BCUT2D eigenvalue weighted by Gasteiger charge is 2.32. The van der Waals surface area contributed by atoms with Crippen molar-refractivity contribution in [3.8, 4) is 5.75 Å². The monoisotopic (exact) mass is 306 g/mol. The van der Waals surface area contributed by atoms with Gasteiger partial charge in [0.2, 0.25) is 0 Å². The molecule has 0 amide bonds. The Hall–Kier alpha value is -1.33. The predicted octanol–water partition coefficient (Wildman–Crippen LogP) is 1.52. The highest BCUT2D eigenvalue weighted by molar-refractivity contribution is 7.80. The Labute approximate surface area is 132 Å². The van der Waals surface area contributed by atoms with Crippen LogP contribution in [-0.4, -0.2) is 31.6 Å². The van der Waals surface area contributed by atoms with Crippen molar-refractivity contribution in [1.29, 1.82) is 0 Å². The fourth-order valence-corrected chi connectivity index (χ4v) is 3.68. The van der Waals surface area contributed by atoms with E-state index in [1.807, 2.05) is 18.2 Å². The minimum atomic E-state index is 0.756. The molecule has 1 atom stereocenters. The lowest BCUT2D eigenvalue weighted by Crippen LogP contribution is -3.20. The number of nitrogens with one attached hydrogen (secondary N) is 2. The third-order valence-corrected chi connectivity index (χ3v) is 5.00. The highest BCUT2D eigenvalue weighted by Crippen LogP contribution is 2.27. The molecular formula is C16H24N3OS+. The van der Waals surface area contributed by atoms with Gasteiger partial charge in [-0.3, -0.25) is 9.80 Å². The topological polar surface area (TPSA) is 28.9 Å². The zero-order valence-corrected chi connectivity index (χ0v) is 13.4. The molecule has 2 aliphatic rings. The van der Waals surface area contributed by atoms with Gasteiger partial charge in [0.15, 0.2) is 18.4 Å². The van der Waals surface area contributed by atoms with E-state index >= 15 is 0 Å². The van der Waals surface area contributed by atoms with Crippen LogP contribution in [0.3, 0.4) is 0 Å². The van der Waals surface area contributed by atoms with E-state index in [-0.39, 0.29) is 0 Å². The zero-order chi connectivity index (χ0) is 14.7. The van der Waals surface area contributed by atoms with Crippen LogP contribution in [0.5, 0.6) is 5.75 Å². The Balaban J connectivity index is 1.78. The summed E-state index contributed by atoms with van der Waals surface area (Å²) in [6, 6.07) is 8.86. The van der Waals surface area contributed by atoms with Gasteiger partial charge in [0.25, 0.3) is 0 Å². The van der Waals surface area contributed by atoms with Crippen LogP contribution in [0.1, 0.15) is 32.1 Å². The SMILES string of the molecule is COc1ccccc1N1C[NH+](C2CCCCC2)CNC1=S. The minimum Gasteiger partial charge on any atom is -0.495 e. The second-order valence-corrected chi connectivity index (χ2v) is 6.30. The van der Waals surface area contributed by atoms with E-state index in [2.05, 4.69) is 16.3 Å². The lowest BCUT2D eigenvalue weighted by molar-refractivity contribution is -0.929. The molecule has 2 N–H and O–H groups in total. The van der Waals surface area contributed by atoms with Gasteiger partial charge in [0.1, 0.15) is 5.75 Å². The molecular weight excluding hydrogens is 282 g/mol. The van der Waals surface area contributed by atoms with Crippen LogP contribution in [-0.2, 0) is 0 Å². The molecule has 1 saturated carbocycles. The predicted molar refractivity (Wildman–Crippen MR) is 88.8 cm³/mol. The minimum absolute atomic E-state index is 0.756. The molecule has 1 aromatic rings. The summed E-state index contributed by atoms with van der Waals surface area (Å²) in [5.41, 5.74) is 1.06. The van der Waals surface area contributed by atoms with Crippen molar-refractivity contribution in [2.24, 2.45) is 0 Å². The number of anilines is 1. The van der Waals surface area contributed by atoms with Gasteiger partial charge in [-0.05, 0) is 50.0 Å². The number of para-hydroxylation sites is 2. The van der Waals surface area contributed by atoms with Crippen molar-refractivity contribution in [3.05, 3.63) is 24.3 Å². The van der Waals surface area contributed by atoms with Crippen molar-refractivity contribution >= 4 is 23.0 Å². The fraction of sp³-hybridized carbons (Fsp3) is 0.562. The van der Waals surface area contributed by atoms with Gasteiger partial charge in [0.05, 0.1) is 18.8 Å². The maximum Gasteiger partial charge on any atom is 0.182 e. The Morgan fingerprint density at radius 2 is 2.00 bits per heavy atom. The second-order valence-electron chi connectivity index (χ2n) is 5.91. The van der Waals surface area contributed by atoms with Gasteiger partial charge in [-0.1, -0.05) is 18.6 Å². The number of methoxy groups -OCH3 is 1. The molecule has 1 heterocycles. The van der Waals surface area contributed by atoms with E-state index in [1.54, 1.807) is 12.0 Å². The quantitative estimate of drug-likeness (QED) is 0.829. The van der Waals surface area contributed by atoms with Crippen molar-refractivity contribution in [1.82, 2.24) is 5.32 Å². The molecule has 0 aromatic heterocycles. The van der Waals surface area contributed by atoms with Gasteiger partial charge >= 0.3 is 0 Å². The first-order chi connectivity index (χ1) is 10.3. The molecule has 5 heteroatoms. The molecule has 1 aromatic carbocycles. The molecule has 0 radical (unpaired) electrons. The van der Waals surface area contributed by atoms with Gasteiger partial charge in [-0.25, -0.2) is 0 Å². The van der Waals surface area contributed by atoms with E-state index in [0.29, 0.717) is 0 Å². The van der Waals surface area contributed by atoms with E-state index in [9.17, 15) is 0 Å². The molecule has 3 rings (SSSR count). The number of quaternary nitrogens is 1. The number of thiocarbonyl (C=S) groups is 1. The van der Waals surface area contributed by atoms with Gasteiger partial charge < -0.3 is 10.1 Å². The van der Waals surface area contributed by atoms with Crippen molar-refractivity contribution in [2.45, 2.75) is 38.1 Å². The highest BCUT2D eigenvalue weighted by atomic mass is 32.1. The number of benzene rings is 1. The van der Waals surface area contributed by atoms with E-state index < -0.39 is 0 Å². The van der Waals surface area contributed by atoms with Crippen molar-refractivity contribution < 1.29 is 9.64 Å².